The number of nitrogens with zero attached hydrogens (tertiary/aromatic N) is 2. The standard InChI is InChI=1S/C17H20N2/c1-13-16(14-6-4-3-5-7-14)12-15-8-10-19(2)11-9-17(15)18-13/h3-7,12H,8-11H2,1-2H3. The Kier molecular flexibility index (Phi) is 3.34. The van der Waals surface area contributed by atoms with Crippen molar-refractivity contribution in [1.82, 2.24) is 9.88 Å². The minimum atomic E-state index is 1.07. The van der Waals surface area contributed by atoms with Gasteiger partial charge < -0.3 is 4.90 Å². The Hall–Kier alpha value is -1.67. The maximum Gasteiger partial charge on any atom is 0.0454 e. The van der Waals surface area contributed by atoms with Gasteiger partial charge in [0.1, 0.15) is 0 Å². The fourth-order valence-electron chi connectivity index (χ4n) is 2.76. The second-order valence-electron chi connectivity index (χ2n) is 5.40. The summed E-state index contributed by atoms with van der Waals surface area (Å²) in [7, 11) is 2.19. The third-order valence-corrected chi connectivity index (χ3v) is 3.96. The Balaban J connectivity index is 2.04. The van der Waals surface area contributed by atoms with E-state index >= 15 is 0 Å². The molecule has 98 valence electrons. The van der Waals surface area contributed by atoms with Crippen molar-refractivity contribution < 1.29 is 0 Å². The zero-order valence-electron chi connectivity index (χ0n) is 11.7. The molecule has 0 amide bonds. The SMILES string of the molecule is Cc1nc2c(cc1-c1ccccc1)CCN(C)CC2. The highest BCUT2D eigenvalue weighted by molar-refractivity contribution is 5.66. The number of pyridine rings is 1. The van der Waals surface area contributed by atoms with E-state index in [9.17, 15) is 0 Å². The Bertz CT molecular complexity index is 575. The number of aromatic nitrogens is 1. The lowest BCUT2D eigenvalue weighted by molar-refractivity contribution is 0.352. The zero-order chi connectivity index (χ0) is 13.2. The summed E-state index contributed by atoms with van der Waals surface area (Å²) in [4.78, 5) is 7.25. The maximum atomic E-state index is 4.86. The summed E-state index contributed by atoms with van der Waals surface area (Å²) >= 11 is 0. The molecule has 0 fully saturated rings. The summed E-state index contributed by atoms with van der Waals surface area (Å²) in [5, 5.41) is 0. The van der Waals surface area contributed by atoms with Crippen LogP contribution in [0.4, 0.5) is 0 Å². The molecule has 1 aliphatic rings. The van der Waals surface area contributed by atoms with Gasteiger partial charge in [0.15, 0.2) is 0 Å². The van der Waals surface area contributed by atoms with E-state index in [4.69, 9.17) is 4.98 Å². The minimum Gasteiger partial charge on any atom is -0.306 e. The molecular weight excluding hydrogens is 232 g/mol. The van der Waals surface area contributed by atoms with Gasteiger partial charge in [-0.25, -0.2) is 0 Å². The summed E-state index contributed by atoms with van der Waals surface area (Å²) in [5.41, 5.74) is 6.42. The molecular formula is C17H20N2. The average molecular weight is 252 g/mol. The lowest BCUT2D eigenvalue weighted by Gasteiger charge is -2.11. The molecule has 1 aliphatic heterocycles. The van der Waals surface area contributed by atoms with Gasteiger partial charge in [-0.1, -0.05) is 30.3 Å². The summed E-state index contributed by atoms with van der Waals surface area (Å²) in [6, 6.07) is 12.9. The van der Waals surface area contributed by atoms with Crippen molar-refractivity contribution >= 4 is 0 Å². The highest BCUT2D eigenvalue weighted by Crippen LogP contribution is 2.26. The van der Waals surface area contributed by atoms with Gasteiger partial charge in [-0.3, -0.25) is 4.98 Å². The van der Waals surface area contributed by atoms with Crippen molar-refractivity contribution in [2.24, 2.45) is 0 Å². The molecule has 2 heteroatoms. The summed E-state index contributed by atoms with van der Waals surface area (Å²) < 4.78 is 0. The molecule has 0 spiro atoms. The average Bonchev–Trinajstić information content (AvgIpc) is 2.61. The first-order chi connectivity index (χ1) is 9.24. The fraction of sp³-hybridized carbons (Fsp3) is 0.353. The van der Waals surface area contributed by atoms with Crippen molar-refractivity contribution in [2.75, 3.05) is 20.1 Å². The van der Waals surface area contributed by atoms with E-state index < -0.39 is 0 Å². The highest BCUT2D eigenvalue weighted by atomic mass is 15.1. The first-order valence-electron chi connectivity index (χ1n) is 6.97. The van der Waals surface area contributed by atoms with Gasteiger partial charge in [-0.05, 0) is 37.6 Å². The van der Waals surface area contributed by atoms with E-state index in [-0.39, 0.29) is 0 Å². The van der Waals surface area contributed by atoms with Crippen molar-refractivity contribution in [1.29, 1.82) is 0 Å². The van der Waals surface area contributed by atoms with Crippen LogP contribution >= 0.6 is 0 Å². The molecule has 0 radical (unpaired) electrons. The molecule has 0 atom stereocenters. The molecule has 0 unspecified atom stereocenters. The van der Waals surface area contributed by atoms with Crippen molar-refractivity contribution in [3.05, 3.63) is 53.3 Å². The number of fused-ring (bicyclic) bond motifs is 1. The molecule has 3 rings (SSSR count). The molecule has 2 aromatic rings. The van der Waals surface area contributed by atoms with Crippen molar-refractivity contribution in [3.8, 4) is 11.1 Å². The Morgan fingerprint density at radius 3 is 2.58 bits per heavy atom. The predicted molar refractivity (Wildman–Crippen MR) is 79.3 cm³/mol. The Labute approximate surface area is 115 Å². The van der Waals surface area contributed by atoms with Crippen LogP contribution in [-0.2, 0) is 12.8 Å². The molecule has 19 heavy (non-hydrogen) atoms. The van der Waals surface area contributed by atoms with Crippen LogP contribution < -0.4 is 0 Å². The van der Waals surface area contributed by atoms with Crippen molar-refractivity contribution in [2.45, 2.75) is 19.8 Å². The van der Waals surface area contributed by atoms with Crippen LogP contribution in [-0.4, -0.2) is 30.0 Å². The van der Waals surface area contributed by atoms with Crippen LogP contribution in [0.5, 0.6) is 0 Å². The Morgan fingerprint density at radius 2 is 1.79 bits per heavy atom. The van der Waals surface area contributed by atoms with Crippen molar-refractivity contribution in [3.63, 3.8) is 0 Å². The van der Waals surface area contributed by atoms with Gasteiger partial charge in [0.25, 0.3) is 0 Å². The number of rotatable bonds is 1. The molecule has 2 nitrogen and oxygen atoms in total. The normalized spacial score (nSPS) is 15.9. The molecule has 0 saturated carbocycles. The van der Waals surface area contributed by atoms with Crippen LogP contribution in [0.15, 0.2) is 36.4 Å². The fourth-order valence-corrected chi connectivity index (χ4v) is 2.76. The van der Waals surface area contributed by atoms with E-state index in [2.05, 4.69) is 55.3 Å². The van der Waals surface area contributed by atoms with Crippen LogP contribution in [0.2, 0.25) is 0 Å². The first-order valence-corrected chi connectivity index (χ1v) is 6.97. The van der Waals surface area contributed by atoms with Gasteiger partial charge in [0, 0.05) is 36.5 Å². The number of benzene rings is 1. The molecule has 0 saturated heterocycles. The van der Waals surface area contributed by atoms with Gasteiger partial charge in [0.05, 0.1) is 0 Å². The van der Waals surface area contributed by atoms with Crippen LogP contribution in [0.1, 0.15) is 17.0 Å². The van der Waals surface area contributed by atoms with E-state index in [1.54, 1.807) is 0 Å². The first kappa shape index (κ1) is 12.4. The largest absolute Gasteiger partial charge is 0.306 e. The minimum absolute atomic E-state index is 1.07. The monoisotopic (exact) mass is 252 g/mol. The molecule has 1 aromatic carbocycles. The number of hydrogen-bond donors (Lipinski definition) is 0. The van der Waals surface area contributed by atoms with Gasteiger partial charge in [-0.2, -0.15) is 0 Å². The zero-order valence-corrected chi connectivity index (χ0v) is 11.7. The second-order valence-corrected chi connectivity index (χ2v) is 5.40. The van der Waals surface area contributed by atoms with E-state index in [0.717, 1.165) is 31.6 Å². The quantitative estimate of drug-likeness (QED) is 0.775. The van der Waals surface area contributed by atoms with Crippen LogP contribution in [0.25, 0.3) is 11.1 Å². The summed E-state index contributed by atoms with van der Waals surface area (Å²) in [5.74, 6) is 0. The number of likely N-dealkylation sites (N-methyl/N-ethyl adjacent to an activating group) is 1. The van der Waals surface area contributed by atoms with E-state index in [1.807, 2.05) is 0 Å². The smallest absolute Gasteiger partial charge is 0.0454 e. The third kappa shape index (κ3) is 2.54. The van der Waals surface area contributed by atoms with Crippen LogP contribution in [0.3, 0.4) is 0 Å². The van der Waals surface area contributed by atoms with Crippen LogP contribution in [0, 0.1) is 6.92 Å². The maximum absolute atomic E-state index is 4.86. The topological polar surface area (TPSA) is 16.1 Å². The Morgan fingerprint density at radius 1 is 1.05 bits per heavy atom. The lowest BCUT2D eigenvalue weighted by Crippen LogP contribution is -2.20. The van der Waals surface area contributed by atoms with E-state index in [1.165, 1.54) is 22.4 Å². The predicted octanol–water partition coefficient (Wildman–Crippen LogP) is 3.09. The van der Waals surface area contributed by atoms with E-state index in [0.29, 0.717) is 0 Å². The summed E-state index contributed by atoms with van der Waals surface area (Å²) in [6.45, 7) is 4.37. The summed E-state index contributed by atoms with van der Waals surface area (Å²) in [6.07, 6.45) is 2.18. The van der Waals surface area contributed by atoms with Gasteiger partial charge >= 0.3 is 0 Å². The van der Waals surface area contributed by atoms with Gasteiger partial charge in [0.2, 0.25) is 0 Å². The number of aryl methyl sites for hydroxylation is 1. The lowest BCUT2D eigenvalue weighted by atomic mass is 9.99. The number of hydrogen-bond acceptors (Lipinski definition) is 2. The third-order valence-electron chi connectivity index (χ3n) is 3.96. The molecule has 1 aromatic heterocycles. The molecule has 0 bridgehead atoms. The van der Waals surface area contributed by atoms with Gasteiger partial charge in [-0.15, -0.1) is 0 Å². The molecule has 2 heterocycles. The molecule has 0 aliphatic carbocycles. The highest BCUT2D eigenvalue weighted by Gasteiger charge is 2.15. The second kappa shape index (κ2) is 5.14. The molecule has 0 N–H and O–H groups in total.